The Balaban J connectivity index is 1.54. The number of rotatable bonds is 6. The Morgan fingerprint density at radius 2 is 1.83 bits per heavy atom. The van der Waals surface area contributed by atoms with Crippen LogP contribution in [0.15, 0.2) is 54.6 Å². The lowest BCUT2D eigenvalue weighted by Gasteiger charge is -2.28. The Morgan fingerprint density at radius 3 is 2.65 bits per heavy atom. The first-order valence-corrected chi connectivity index (χ1v) is 8.53. The first-order chi connectivity index (χ1) is 11.2. The summed E-state index contributed by atoms with van der Waals surface area (Å²) in [6, 6.07) is 18.8. The van der Waals surface area contributed by atoms with E-state index in [1.165, 1.54) is 23.1 Å². The minimum absolute atomic E-state index is 0.247. The Morgan fingerprint density at radius 1 is 1.09 bits per heavy atom. The number of aliphatic hydroxyl groups is 1. The van der Waals surface area contributed by atoms with Crippen molar-refractivity contribution >= 4 is 0 Å². The van der Waals surface area contributed by atoms with Crippen LogP contribution < -0.4 is 11.1 Å². The molecule has 3 nitrogen and oxygen atoms in total. The van der Waals surface area contributed by atoms with Crippen molar-refractivity contribution in [3.8, 4) is 0 Å². The molecule has 0 saturated heterocycles. The van der Waals surface area contributed by atoms with Crippen molar-refractivity contribution in [1.29, 1.82) is 0 Å². The fourth-order valence-electron chi connectivity index (χ4n) is 3.40. The number of hydrogen-bond acceptors (Lipinski definition) is 3. The molecule has 0 aliphatic heterocycles. The van der Waals surface area contributed by atoms with Crippen molar-refractivity contribution in [2.75, 3.05) is 6.54 Å². The molecule has 0 aromatic heterocycles. The van der Waals surface area contributed by atoms with E-state index in [1.54, 1.807) is 0 Å². The van der Waals surface area contributed by atoms with Gasteiger partial charge in [-0.2, -0.15) is 0 Å². The fourth-order valence-corrected chi connectivity index (χ4v) is 3.40. The van der Waals surface area contributed by atoms with E-state index in [0.29, 0.717) is 19.0 Å². The Labute approximate surface area is 138 Å². The summed E-state index contributed by atoms with van der Waals surface area (Å²) in [6.45, 7) is 0.535. The van der Waals surface area contributed by atoms with Crippen molar-refractivity contribution in [2.24, 2.45) is 5.73 Å². The second kappa shape index (κ2) is 7.73. The monoisotopic (exact) mass is 310 g/mol. The average molecular weight is 310 g/mol. The van der Waals surface area contributed by atoms with Crippen LogP contribution in [0.25, 0.3) is 0 Å². The van der Waals surface area contributed by atoms with Crippen molar-refractivity contribution < 1.29 is 5.11 Å². The van der Waals surface area contributed by atoms with Crippen LogP contribution in [0.5, 0.6) is 0 Å². The zero-order valence-corrected chi connectivity index (χ0v) is 13.5. The zero-order valence-electron chi connectivity index (χ0n) is 13.5. The predicted molar refractivity (Wildman–Crippen MR) is 94.3 cm³/mol. The second-order valence-corrected chi connectivity index (χ2v) is 6.47. The quantitative estimate of drug-likeness (QED) is 0.768. The summed E-state index contributed by atoms with van der Waals surface area (Å²) in [5.41, 5.74) is 10.1. The lowest BCUT2D eigenvalue weighted by atomic mass is 9.87. The highest BCUT2D eigenvalue weighted by Gasteiger charge is 2.22. The number of aryl methyl sites for hydroxylation is 1. The van der Waals surface area contributed by atoms with Crippen LogP contribution in [-0.2, 0) is 12.8 Å². The molecule has 0 fully saturated rings. The van der Waals surface area contributed by atoms with Crippen molar-refractivity contribution in [1.82, 2.24) is 5.32 Å². The largest absolute Gasteiger partial charge is 0.390 e. The maximum Gasteiger partial charge on any atom is 0.0818 e. The van der Waals surface area contributed by atoms with E-state index in [2.05, 4.69) is 41.7 Å². The van der Waals surface area contributed by atoms with E-state index < -0.39 is 6.10 Å². The molecule has 0 saturated carbocycles. The third-order valence-corrected chi connectivity index (χ3v) is 4.75. The van der Waals surface area contributed by atoms with Crippen LogP contribution in [-0.4, -0.2) is 23.8 Å². The average Bonchev–Trinajstić information content (AvgIpc) is 2.60. The summed E-state index contributed by atoms with van der Waals surface area (Å²) in [7, 11) is 0. The van der Waals surface area contributed by atoms with Gasteiger partial charge in [-0.25, -0.2) is 0 Å². The molecule has 3 atom stereocenters. The normalized spacial score (nSPS) is 19.8. The molecule has 1 aliphatic rings. The van der Waals surface area contributed by atoms with Gasteiger partial charge < -0.3 is 16.2 Å². The molecule has 23 heavy (non-hydrogen) atoms. The molecule has 3 heteroatoms. The minimum atomic E-state index is -0.538. The third kappa shape index (κ3) is 4.20. The maximum absolute atomic E-state index is 10.4. The van der Waals surface area contributed by atoms with Crippen LogP contribution in [0.2, 0.25) is 0 Å². The molecule has 0 unspecified atom stereocenters. The second-order valence-electron chi connectivity index (χ2n) is 6.47. The molecule has 3 rings (SSSR count). The summed E-state index contributed by atoms with van der Waals surface area (Å²) in [5, 5.41) is 13.9. The van der Waals surface area contributed by atoms with Crippen molar-refractivity contribution in [3.05, 3.63) is 71.3 Å². The van der Waals surface area contributed by atoms with Crippen molar-refractivity contribution in [2.45, 2.75) is 43.9 Å². The number of nitrogens with two attached hydrogens (primary N) is 1. The van der Waals surface area contributed by atoms with E-state index in [0.717, 1.165) is 12.8 Å². The predicted octanol–water partition coefficient (Wildman–Crippen LogP) is 2.58. The molecular formula is C20H26N2O. The van der Waals surface area contributed by atoms with Crippen LogP contribution in [0.1, 0.15) is 35.6 Å². The summed E-state index contributed by atoms with van der Waals surface area (Å²) in [6.07, 6.45) is 3.64. The minimum Gasteiger partial charge on any atom is -0.390 e. The van der Waals surface area contributed by atoms with Gasteiger partial charge in [0.05, 0.1) is 6.10 Å². The topological polar surface area (TPSA) is 58.3 Å². The Hall–Kier alpha value is -1.68. The van der Waals surface area contributed by atoms with Crippen LogP contribution in [0.4, 0.5) is 0 Å². The molecule has 4 N–H and O–H groups in total. The van der Waals surface area contributed by atoms with Gasteiger partial charge in [0.25, 0.3) is 0 Å². The molecule has 2 aromatic carbocycles. The molecule has 0 heterocycles. The first kappa shape index (κ1) is 16.2. The fraction of sp³-hybridized carbons (Fsp3) is 0.400. The van der Waals surface area contributed by atoms with Gasteiger partial charge >= 0.3 is 0 Å². The summed E-state index contributed by atoms with van der Waals surface area (Å²) in [4.78, 5) is 0. The standard InChI is InChI=1S/C20H26N2O/c21-18(13-15-7-2-1-3-8-15)20(23)14-22-19-12-6-10-16-9-4-5-11-17(16)19/h1-5,7-9,11,18-20,22-23H,6,10,12-14,21H2/t18-,19-,20+/m0/s1. The molecule has 0 radical (unpaired) electrons. The van der Waals surface area contributed by atoms with Gasteiger partial charge in [-0.3, -0.25) is 0 Å². The number of aliphatic hydroxyl groups excluding tert-OH is 1. The summed E-state index contributed by atoms with van der Waals surface area (Å²) < 4.78 is 0. The highest BCUT2D eigenvalue weighted by molar-refractivity contribution is 5.32. The Kier molecular flexibility index (Phi) is 5.44. The Bertz CT molecular complexity index is 614. The SMILES string of the molecule is N[C@@H](Cc1ccccc1)[C@H](O)CN[C@H]1CCCc2ccccc21. The molecule has 2 aromatic rings. The number of fused-ring (bicyclic) bond motifs is 1. The van der Waals surface area contributed by atoms with Crippen LogP contribution in [0, 0.1) is 0 Å². The number of benzene rings is 2. The highest BCUT2D eigenvalue weighted by Crippen LogP contribution is 2.29. The van der Waals surface area contributed by atoms with Gasteiger partial charge in [-0.05, 0) is 42.4 Å². The number of nitrogens with one attached hydrogen (secondary N) is 1. The van der Waals surface area contributed by atoms with Crippen LogP contribution in [0.3, 0.4) is 0 Å². The molecule has 1 aliphatic carbocycles. The van der Waals surface area contributed by atoms with E-state index in [4.69, 9.17) is 5.73 Å². The van der Waals surface area contributed by atoms with Gasteiger partial charge in [0.15, 0.2) is 0 Å². The van der Waals surface area contributed by atoms with E-state index in [9.17, 15) is 5.11 Å². The summed E-state index contributed by atoms with van der Waals surface area (Å²) >= 11 is 0. The third-order valence-electron chi connectivity index (χ3n) is 4.75. The van der Waals surface area contributed by atoms with Crippen LogP contribution >= 0.6 is 0 Å². The molecular weight excluding hydrogens is 284 g/mol. The van der Waals surface area contributed by atoms with Crippen molar-refractivity contribution in [3.63, 3.8) is 0 Å². The van der Waals surface area contributed by atoms with E-state index >= 15 is 0 Å². The molecule has 0 amide bonds. The zero-order chi connectivity index (χ0) is 16.1. The maximum atomic E-state index is 10.4. The van der Waals surface area contributed by atoms with Gasteiger partial charge in [-0.15, -0.1) is 0 Å². The van der Waals surface area contributed by atoms with Gasteiger partial charge in [0.1, 0.15) is 0 Å². The van der Waals surface area contributed by atoms with E-state index in [1.807, 2.05) is 18.2 Å². The number of hydrogen-bond donors (Lipinski definition) is 3. The van der Waals surface area contributed by atoms with Gasteiger partial charge in [0.2, 0.25) is 0 Å². The smallest absolute Gasteiger partial charge is 0.0818 e. The lowest BCUT2D eigenvalue weighted by molar-refractivity contribution is 0.136. The lowest BCUT2D eigenvalue weighted by Crippen LogP contribution is -2.44. The van der Waals surface area contributed by atoms with Gasteiger partial charge in [0, 0.05) is 18.6 Å². The molecule has 0 spiro atoms. The van der Waals surface area contributed by atoms with E-state index in [-0.39, 0.29) is 6.04 Å². The molecule has 122 valence electrons. The molecule has 0 bridgehead atoms. The van der Waals surface area contributed by atoms with Gasteiger partial charge in [-0.1, -0.05) is 54.6 Å². The summed E-state index contributed by atoms with van der Waals surface area (Å²) in [5.74, 6) is 0. The highest BCUT2D eigenvalue weighted by atomic mass is 16.3. The first-order valence-electron chi connectivity index (χ1n) is 8.53.